The highest BCUT2D eigenvalue weighted by Crippen LogP contribution is 2.36. The van der Waals surface area contributed by atoms with Crippen LogP contribution in [-0.4, -0.2) is 55.7 Å². The summed E-state index contributed by atoms with van der Waals surface area (Å²) in [4.78, 5) is 29.2. The summed E-state index contributed by atoms with van der Waals surface area (Å²) >= 11 is 0. The van der Waals surface area contributed by atoms with Gasteiger partial charge in [0.15, 0.2) is 0 Å². The Hall–Kier alpha value is -2.77. The first kappa shape index (κ1) is 18.6. The van der Waals surface area contributed by atoms with Gasteiger partial charge in [0.1, 0.15) is 0 Å². The van der Waals surface area contributed by atoms with Crippen LogP contribution >= 0.6 is 0 Å². The molecule has 28 heavy (non-hydrogen) atoms. The van der Waals surface area contributed by atoms with E-state index in [0.29, 0.717) is 13.0 Å². The standard InChI is InChI=1S/C20H28N6O2/c1-12-18(14(3)24(5)22-12)19-15(11-17(27)23(19)4)21-20(28)26-10-9-25-8-6-7-16(25)13(26)2/h6-8,13,15,19H,9-11H2,1-5H3,(H,21,28)/t13?,15-,19-/m1/s1. The predicted octanol–water partition coefficient (Wildman–Crippen LogP) is 1.90. The lowest BCUT2D eigenvalue weighted by atomic mass is 9.98. The van der Waals surface area contributed by atoms with E-state index in [2.05, 4.69) is 27.2 Å². The van der Waals surface area contributed by atoms with Gasteiger partial charge in [-0.1, -0.05) is 0 Å². The van der Waals surface area contributed by atoms with Gasteiger partial charge in [0.05, 0.1) is 23.8 Å². The molecule has 150 valence electrons. The molecule has 1 fully saturated rings. The highest BCUT2D eigenvalue weighted by atomic mass is 16.2. The van der Waals surface area contributed by atoms with Crippen LogP contribution in [0.5, 0.6) is 0 Å². The highest BCUT2D eigenvalue weighted by molar-refractivity contribution is 5.83. The van der Waals surface area contributed by atoms with E-state index in [1.165, 1.54) is 0 Å². The molecule has 1 N–H and O–H groups in total. The van der Waals surface area contributed by atoms with Gasteiger partial charge in [0, 0.05) is 56.8 Å². The third kappa shape index (κ3) is 2.78. The minimum atomic E-state index is -0.271. The molecule has 0 bridgehead atoms. The highest BCUT2D eigenvalue weighted by Gasteiger charge is 2.42. The van der Waals surface area contributed by atoms with E-state index in [-0.39, 0.29) is 30.1 Å². The van der Waals surface area contributed by atoms with Gasteiger partial charge >= 0.3 is 6.03 Å². The SMILES string of the molecule is Cc1nn(C)c(C)c1[C@H]1[C@H](NC(=O)N2CCn3cccc3C2C)CC(=O)N1C. The minimum absolute atomic E-state index is 0.00102. The molecule has 2 aromatic heterocycles. The minimum Gasteiger partial charge on any atom is -0.348 e. The molecular weight excluding hydrogens is 356 g/mol. The fourth-order valence-corrected chi connectivity index (χ4v) is 4.71. The number of urea groups is 1. The second-order valence-corrected chi connectivity index (χ2v) is 7.91. The van der Waals surface area contributed by atoms with E-state index in [1.807, 2.05) is 43.5 Å². The van der Waals surface area contributed by atoms with Crippen molar-refractivity contribution in [1.82, 2.24) is 29.5 Å². The van der Waals surface area contributed by atoms with Gasteiger partial charge in [-0.25, -0.2) is 4.79 Å². The van der Waals surface area contributed by atoms with Crippen molar-refractivity contribution in [1.29, 1.82) is 0 Å². The van der Waals surface area contributed by atoms with Gasteiger partial charge in [0.25, 0.3) is 0 Å². The van der Waals surface area contributed by atoms with Crippen molar-refractivity contribution in [2.24, 2.45) is 7.05 Å². The Bertz CT molecular complexity index is 929. The molecule has 2 aliphatic heterocycles. The Kier molecular flexibility index (Phi) is 4.44. The molecule has 2 aliphatic rings. The van der Waals surface area contributed by atoms with Crippen LogP contribution in [-0.2, 0) is 18.4 Å². The van der Waals surface area contributed by atoms with Crippen molar-refractivity contribution in [2.45, 2.75) is 51.9 Å². The number of hydrogen-bond acceptors (Lipinski definition) is 3. The van der Waals surface area contributed by atoms with Crippen LogP contribution in [0.1, 0.15) is 48.1 Å². The van der Waals surface area contributed by atoms with Crippen LogP contribution < -0.4 is 5.32 Å². The number of carbonyl (C=O) groups is 2. The Morgan fingerprint density at radius 1 is 1.25 bits per heavy atom. The maximum absolute atomic E-state index is 13.1. The zero-order valence-corrected chi connectivity index (χ0v) is 17.1. The molecule has 3 amide bonds. The molecule has 4 rings (SSSR count). The Morgan fingerprint density at radius 3 is 2.68 bits per heavy atom. The molecule has 8 heteroatoms. The van der Waals surface area contributed by atoms with Crippen LogP contribution in [0, 0.1) is 13.8 Å². The maximum atomic E-state index is 13.1. The molecule has 0 aliphatic carbocycles. The molecule has 0 aromatic carbocycles. The summed E-state index contributed by atoms with van der Waals surface area (Å²) < 4.78 is 4.02. The normalized spacial score (nSPS) is 24.6. The van der Waals surface area contributed by atoms with Crippen LogP contribution in [0.15, 0.2) is 18.3 Å². The average Bonchev–Trinajstić information content (AvgIpc) is 3.29. The van der Waals surface area contributed by atoms with Crippen LogP contribution in [0.25, 0.3) is 0 Å². The summed E-state index contributed by atoms with van der Waals surface area (Å²) in [6.45, 7) is 7.45. The quantitative estimate of drug-likeness (QED) is 0.859. The van der Waals surface area contributed by atoms with E-state index < -0.39 is 0 Å². The third-order valence-corrected chi connectivity index (χ3v) is 6.36. The van der Waals surface area contributed by atoms with Gasteiger partial charge < -0.3 is 19.7 Å². The van der Waals surface area contributed by atoms with Gasteiger partial charge in [0.2, 0.25) is 5.91 Å². The lowest BCUT2D eigenvalue weighted by Crippen LogP contribution is -2.50. The number of amides is 3. The second-order valence-electron chi connectivity index (χ2n) is 7.91. The third-order valence-electron chi connectivity index (χ3n) is 6.36. The van der Waals surface area contributed by atoms with Gasteiger partial charge in [-0.3, -0.25) is 9.48 Å². The van der Waals surface area contributed by atoms with Gasteiger partial charge in [-0.2, -0.15) is 5.10 Å². The van der Waals surface area contributed by atoms with Crippen molar-refractivity contribution < 1.29 is 9.59 Å². The molecule has 3 atom stereocenters. The van der Waals surface area contributed by atoms with E-state index in [1.54, 1.807) is 11.9 Å². The second kappa shape index (κ2) is 6.68. The first-order chi connectivity index (χ1) is 13.3. The number of aryl methyl sites for hydroxylation is 2. The molecule has 4 heterocycles. The van der Waals surface area contributed by atoms with Gasteiger partial charge in [-0.05, 0) is 32.9 Å². The van der Waals surface area contributed by atoms with Crippen molar-refractivity contribution in [3.63, 3.8) is 0 Å². The maximum Gasteiger partial charge on any atom is 0.318 e. The van der Waals surface area contributed by atoms with E-state index in [4.69, 9.17) is 0 Å². The predicted molar refractivity (Wildman–Crippen MR) is 105 cm³/mol. The number of aromatic nitrogens is 3. The zero-order valence-electron chi connectivity index (χ0n) is 17.1. The van der Waals surface area contributed by atoms with Crippen LogP contribution in [0.2, 0.25) is 0 Å². The smallest absolute Gasteiger partial charge is 0.318 e. The largest absolute Gasteiger partial charge is 0.348 e. The molecule has 1 unspecified atom stereocenters. The molecule has 8 nitrogen and oxygen atoms in total. The summed E-state index contributed by atoms with van der Waals surface area (Å²) in [5, 5.41) is 7.66. The number of likely N-dealkylation sites (tertiary alicyclic amines) is 1. The number of hydrogen-bond donors (Lipinski definition) is 1. The topological polar surface area (TPSA) is 75.4 Å². The van der Waals surface area contributed by atoms with Crippen LogP contribution in [0.4, 0.5) is 4.79 Å². The summed E-state index contributed by atoms with van der Waals surface area (Å²) in [5.74, 6) is 0.0403. The number of nitrogens with one attached hydrogen (secondary N) is 1. The molecule has 0 saturated carbocycles. The Morgan fingerprint density at radius 2 is 2.00 bits per heavy atom. The first-order valence-electron chi connectivity index (χ1n) is 9.77. The fraction of sp³-hybridized carbons (Fsp3) is 0.550. The monoisotopic (exact) mass is 384 g/mol. The van der Waals surface area contributed by atoms with Crippen molar-refractivity contribution >= 4 is 11.9 Å². The van der Waals surface area contributed by atoms with Crippen molar-refractivity contribution in [3.05, 3.63) is 41.0 Å². The first-order valence-corrected chi connectivity index (χ1v) is 9.77. The molecule has 1 saturated heterocycles. The number of fused-ring (bicyclic) bond motifs is 1. The molecular formula is C20H28N6O2. The Labute approximate surface area is 165 Å². The summed E-state index contributed by atoms with van der Waals surface area (Å²) in [5.41, 5.74) is 4.08. The van der Waals surface area contributed by atoms with Gasteiger partial charge in [-0.15, -0.1) is 0 Å². The average molecular weight is 384 g/mol. The molecule has 2 aromatic rings. The zero-order chi connectivity index (χ0) is 20.2. The lowest BCUT2D eigenvalue weighted by molar-refractivity contribution is -0.127. The van der Waals surface area contributed by atoms with Crippen molar-refractivity contribution in [3.8, 4) is 0 Å². The summed E-state index contributed by atoms with van der Waals surface area (Å²) in [6.07, 6.45) is 2.36. The van der Waals surface area contributed by atoms with Crippen molar-refractivity contribution in [2.75, 3.05) is 13.6 Å². The number of likely N-dealkylation sites (N-methyl/N-ethyl adjacent to an activating group) is 1. The molecule has 0 spiro atoms. The summed E-state index contributed by atoms with van der Waals surface area (Å²) in [7, 11) is 3.71. The number of carbonyl (C=O) groups excluding carboxylic acids is 2. The van der Waals surface area contributed by atoms with Crippen LogP contribution in [0.3, 0.4) is 0 Å². The van der Waals surface area contributed by atoms with E-state index >= 15 is 0 Å². The fourth-order valence-electron chi connectivity index (χ4n) is 4.71. The number of rotatable bonds is 2. The summed E-state index contributed by atoms with van der Waals surface area (Å²) in [6, 6.07) is 3.49. The van der Waals surface area contributed by atoms with E-state index in [9.17, 15) is 9.59 Å². The molecule has 0 radical (unpaired) electrons. The Balaban J connectivity index is 1.58. The number of nitrogens with zero attached hydrogens (tertiary/aromatic N) is 5. The lowest BCUT2D eigenvalue weighted by Gasteiger charge is -2.36. The van der Waals surface area contributed by atoms with E-state index in [0.717, 1.165) is 29.2 Å².